The van der Waals surface area contributed by atoms with E-state index < -0.39 is 0 Å². The molecule has 1 aromatic rings. The highest BCUT2D eigenvalue weighted by Crippen LogP contribution is 2.33. The molecule has 2 N–H and O–H groups in total. The van der Waals surface area contributed by atoms with Crippen molar-refractivity contribution in [2.24, 2.45) is 4.99 Å². The summed E-state index contributed by atoms with van der Waals surface area (Å²) < 4.78 is 27.3. The van der Waals surface area contributed by atoms with E-state index in [1.807, 2.05) is 12.1 Å². The summed E-state index contributed by atoms with van der Waals surface area (Å²) in [4.78, 5) is 4.25. The molecule has 1 unspecified atom stereocenters. The van der Waals surface area contributed by atoms with Crippen LogP contribution >= 0.6 is 24.0 Å². The molecule has 1 heterocycles. The average molecular weight is 509 g/mol. The molecule has 0 bridgehead atoms. The molecule has 28 heavy (non-hydrogen) atoms. The van der Waals surface area contributed by atoms with Gasteiger partial charge in [-0.1, -0.05) is 0 Å². The molecule has 1 aromatic carbocycles. The lowest BCUT2D eigenvalue weighted by molar-refractivity contribution is 0.0420. The lowest BCUT2D eigenvalue weighted by atomic mass is 10.1. The monoisotopic (exact) mass is 509 g/mol. The number of hydrogen-bond acceptors (Lipinski definition) is 6. The van der Waals surface area contributed by atoms with Crippen LogP contribution in [0.2, 0.25) is 0 Å². The number of ether oxygens (including phenoxy) is 5. The third kappa shape index (κ3) is 7.51. The van der Waals surface area contributed by atoms with Crippen LogP contribution in [0.4, 0.5) is 0 Å². The number of nitrogens with zero attached hydrogens (tertiary/aromatic N) is 1. The standard InChI is InChI=1S/C19H31N3O5.HI/c1-20-19(21-7-5-8-27-14-6-9-26-13-14)22-12-16-17(24-3)10-15(23-2)11-18(16)25-4;/h10-11,14H,5-9,12-13H2,1-4H3,(H2,20,21,22);1H. The highest BCUT2D eigenvalue weighted by Gasteiger charge is 2.16. The molecule has 8 nitrogen and oxygen atoms in total. The van der Waals surface area contributed by atoms with E-state index in [4.69, 9.17) is 23.7 Å². The normalized spacial score (nSPS) is 16.3. The van der Waals surface area contributed by atoms with E-state index in [2.05, 4.69) is 15.6 Å². The summed E-state index contributed by atoms with van der Waals surface area (Å²) in [6.07, 6.45) is 2.13. The van der Waals surface area contributed by atoms with Gasteiger partial charge in [-0.05, 0) is 12.8 Å². The van der Waals surface area contributed by atoms with E-state index in [9.17, 15) is 0 Å². The second-order valence-corrected chi connectivity index (χ2v) is 6.07. The second-order valence-electron chi connectivity index (χ2n) is 6.07. The van der Waals surface area contributed by atoms with E-state index in [0.717, 1.165) is 31.6 Å². The molecule has 1 aliphatic heterocycles. The fourth-order valence-corrected chi connectivity index (χ4v) is 2.82. The fourth-order valence-electron chi connectivity index (χ4n) is 2.82. The number of halogens is 1. The minimum absolute atomic E-state index is 0. The van der Waals surface area contributed by atoms with Crippen molar-refractivity contribution >= 4 is 29.9 Å². The first-order valence-electron chi connectivity index (χ1n) is 9.14. The quantitative estimate of drug-likeness (QED) is 0.217. The van der Waals surface area contributed by atoms with E-state index in [1.165, 1.54) is 0 Å². The Bertz CT molecular complexity index is 584. The molecule has 9 heteroatoms. The zero-order chi connectivity index (χ0) is 19.5. The topological polar surface area (TPSA) is 82.6 Å². The van der Waals surface area contributed by atoms with E-state index in [1.54, 1.807) is 28.4 Å². The summed E-state index contributed by atoms with van der Waals surface area (Å²) in [5, 5.41) is 6.57. The van der Waals surface area contributed by atoms with Crippen LogP contribution in [0.15, 0.2) is 17.1 Å². The Hall–Kier alpha value is -1.46. The molecule has 2 rings (SSSR count). The van der Waals surface area contributed by atoms with Crippen LogP contribution in [0.1, 0.15) is 18.4 Å². The van der Waals surface area contributed by atoms with Gasteiger partial charge in [0.05, 0.1) is 46.1 Å². The minimum Gasteiger partial charge on any atom is -0.496 e. The summed E-state index contributed by atoms with van der Waals surface area (Å²) in [5.74, 6) is 2.78. The molecule has 1 saturated heterocycles. The van der Waals surface area contributed by atoms with Crippen LogP contribution in [0, 0.1) is 0 Å². The van der Waals surface area contributed by atoms with Crippen LogP contribution < -0.4 is 24.8 Å². The van der Waals surface area contributed by atoms with Gasteiger partial charge in [0.1, 0.15) is 17.2 Å². The molecular formula is C19H32IN3O5. The Labute approximate surface area is 184 Å². The summed E-state index contributed by atoms with van der Waals surface area (Å²) in [5.41, 5.74) is 0.897. The highest BCUT2D eigenvalue weighted by molar-refractivity contribution is 14.0. The van der Waals surface area contributed by atoms with Crippen molar-refractivity contribution in [3.63, 3.8) is 0 Å². The van der Waals surface area contributed by atoms with Gasteiger partial charge in [0, 0.05) is 38.9 Å². The molecule has 0 aromatic heterocycles. The smallest absolute Gasteiger partial charge is 0.191 e. The first-order chi connectivity index (χ1) is 13.2. The number of hydrogen-bond donors (Lipinski definition) is 2. The van der Waals surface area contributed by atoms with Gasteiger partial charge >= 0.3 is 0 Å². The molecule has 0 spiro atoms. The van der Waals surface area contributed by atoms with E-state index in [0.29, 0.717) is 43.0 Å². The second kappa shape index (κ2) is 13.7. The van der Waals surface area contributed by atoms with Gasteiger partial charge in [-0.25, -0.2) is 0 Å². The first kappa shape index (κ1) is 24.6. The van der Waals surface area contributed by atoms with E-state index >= 15 is 0 Å². The Balaban J connectivity index is 0.00000392. The van der Waals surface area contributed by atoms with Gasteiger partial charge in [-0.2, -0.15) is 0 Å². The lowest BCUT2D eigenvalue weighted by Gasteiger charge is -2.17. The maximum absolute atomic E-state index is 5.76. The number of methoxy groups -OCH3 is 3. The molecular weight excluding hydrogens is 477 g/mol. The molecule has 160 valence electrons. The van der Waals surface area contributed by atoms with Gasteiger partial charge < -0.3 is 34.3 Å². The summed E-state index contributed by atoms with van der Waals surface area (Å²) in [6.45, 7) is 3.49. The molecule has 0 radical (unpaired) electrons. The Morgan fingerprint density at radius 1 is 1.14 bits per heavy atom. The number of guanidine groups is 1. The maximum Gasteiger partial charge on any atom is 0.191 e. The average Bonchev–Trinajstić information content (AvgIpc) is 3.22. The number of aliphatic imine (C=N–C) groups is 1. The van der Waals surface area contributed by atoms with Gasteiger partial charge in [-0.15, -0.1) is 24.0 Å². The van der Waals surface area contributed by atoms with Crippen LogP contribution in [-0.2, 0) is 16.0 Å². The third-order valence-corrected chi connectivity index (χ3v) is 4.33. The van der Waals surface area contributed by atoms with Crippen molar-refractivity contribution in [3.05, 3.63) is 17.7 Å². The summed E-state index contributed by atoms with van der Waals surface area (Å²) in [6, 6.07) is 3.67. The van der Waals surface area contributed by atoms with Gasteiger partial charge in [0.25, 0.3) is 0 Å². The lowest BCUT2D eigenvalue weighted by Crippen LogP contribution is -2.37. The van der Waals surface area contributed by atoms with Crippen molar-refractivity contribution < 1.29 is 23.7 Å². The van der Waals surface area contributed by atoms with E-state index in [-0.39, 0.29) is 30.1 Å². The largest absolute Gasteiger partial charge is 0.496 e. The number of nitrogens with one attached hydrogen (secondary N) is 2. The predicted octanol–water partition coefficient (Wildman–Crippen LogP) is 2.19. The Morgan fingerprint density at radius 3 is 2.39 bits per heavy atom. The zero-order valence-corrected chi connectivity index (χ0v) is 19.4. The zero-order valence-electron chi connectivity index (χ0n) is 17.1. The third-order valence-electron chi connectivity index (χ3n) is 4.33. The van der Waals surface area contributed by atoms with Crippen LogP contribution in [0.25, 0.3) is 0 Å². The number of benzene rings is 1. The Kier molecular flexibility index (Phi) is 12.0. The SMILES string of the molecule is CN=C(NCCCOC1CCOC1)NCc1c(OC)cc(OC)cc1OC.I. The minimum atomic E-state index is 0. The molecule has 1 atom stereocenters. The van der Waals surface area contributed by atoms with Crippen LogP contribution in [0.3, 0.4) is 0 Å². The fraction of sp³-hybridized carbons (Fsp3) is 0.632. The van der Waals surface area contributed by atoms with Gasteiger partial charge in [-0.3, -0.25) is 4.99 Å². The highest BCUT2D eigenvalue weighted by atomic mass is 127. The first-order valence-corrected chi connectivity index (χ1v) is 9.14. The molecule has 0 aliphatic carbocycles. The predicted molar refractivity (Wildman–Crippen MR) is 120 cm³/mol. The summed E-state index contributed by atoms with van der Waals surface area (Å²) in [7, 11) is 6.60. The molecule has 0 amide bonds. The summed E-state index contributed by atoms with van der Waals surface area (Å²) >= 11 is 0. The van der Waals surface area contributed by atoms with Crippen LogP contribution in [-0.4, -0.2) is 66.8 Å². The van der Waals surface area contributed by atoms with Gasteiger partial charge in [0.15, 0.2) is 5.96 Å². The van der Waals surface area contributed by atoms with Crippen molar-refractivity contribution in [1.82, 2.24) is 10.6 Å². The molecule has 1 fully saturated rings. The van der Waals surface area contributed by atoms with Crippen molar-refractivity contribution in [3.8, 4) is 17.2 Å². The van der Waals surface area contributed by atoms with Crippen molar-refractivity contribution in [2.45, 2.75) is 25.5 Å². The van der Waals surface area contributed by atoms with Crippen LogP contribution in [0.5, 0.6) is 17.2 Å². The maximum atomic E-state index is 5.76. The van der Waals surface area contributed by atoms with Crippen molar-refractivity contribution in [2.75, 3.05) is 54.7 Å². The van der Waals surface area contributed by atoms with Crippen molar-refractivity contribution in [1.29, 1.82) is 0 Å². The molecule has 1 aliphatic rings. The molecule has 0 saturated carbocycles. The Morgan fingerprint density at radius 2 is 1.86 bits per heavy atom. The van der Waals surface area contributed by atoms with Gasteiger partial charge in [0.2, 0.25) is 0 Å². The number of rotatable bonds is 10.